The second-order valence-corrected chi connectivity index (χ2v) is 9.06. The number of rotatable bonds is 10. The molecule has 13 nitrogen and oxygen atoms in total. The lowest BCUT2D eigenvalue weighted by atomic mass is 9.79. The van der Waals surface area contributed by atoms with E-state index < -0.39 is 55.8 Å². The third kappa shape index (κ3) is 5.07. The van der Waals surface area contributed by atoms with Crippen molar-refractivity contribution in [2.45, 2.75) is 36.1 Å². The van der Waals surface area contributed by atoms with Crippen LogP contribution in [0.25, 0.3) is 0 Å². The van der Waals surface area contributed by atoms with Crippen molar-refractivity contribution in [1.29, 1.82) is 0 Å². The molecule has 0 saturated carbocycles. The number of benzene rings is 2. The van der Waals surface area contributed by atoms with Crippen LogP contribution in [-0.2, 0) is 4.74 Å². The number of hydrogen-bond donors (Lipinski definition) is 0. The van der Waals surface area contributed by atoms with Crippen molar-refractivity contribution < 1.29 is 24.4 Å². The Morgan fingerprint density at radius 3 is 1.23 bits per heavy atom. The Kier molecular flexibility index (Phi) is 7.44. The van der Waals surface area contributed by atoms with Crippen molar-refractivity contribution in [3.63, 3.8) is 0 Å². The lowest BCUT2D eigenvalue weighted by Crippen LogP contribution is -2.49. The van der Waals surface area contributed by atoms with Gasteiger partial charge in [0, 0.05) is 59.1 Å². The van der Waals surface area contributed by atoms with Crippen molar-refractivity contribution in [3.8, 4) is 0 Å². The summed E-state index contributed by atoms with van der Waals surface area (Å²) >= 11 is 0. The van der Waals surface area contributed by atoms with E-state index in [1.807, 2.05) is 0 Å². The quantitative estimate of drug-likeness (QED) is 0.306. The molecule has 0 aromatic heterocycles. The summed E-state index contributed by atoms with van der Waals surface area (Å²) in [6.45, 7) is 0. The molecule has 0 spiro atoms. The monoisotopic (exact) mass is 534 g/mol. The van der Waals surface area contributed by atoms with Crippen LogP contribution in [0.1, 0.15) is 36.2 Å². The van der Waals surface area contributed by atoms with Gasteiger partial charge < -0.3 is 4.74 Å². The summed E-state index contributed by atoms with van der Waals surface area (Å²) in [6, 6.07) is 16.1. The molecule has 0 radical (unpaired) electrons. The molecular weight excluding hydrogens is 512 g/mol. The lowest BCUT2D eigenvalue weighted by Gasteiger charge is -2.38. The van der Waals surface area contributed by atoms with Gasteiger partial charge in [-0.05, 0) is 11.1 Å². The van der Waals surface area contributed by atoms with Crippen LogP contribution in [-0.4, -0.2) is 30.8 Å². The van der Waals surface area contributed by atoms with Gasteiger partial charge in [-0.25, -0.2) is 0 Å². The third-order valence-corrected chi connectivity index (χ3v) is 6.85. The van der Waals surface area contributed by atoms with Gasteiger partial charge in [-0.1, -0.05) is 60.7 Å². The second-order valence-electron chi connectivity index (χ2n) is 9.06. The van der Waals surface area contributed by atoms with E-state index in [9.17, 15) is 40.5 Å². The van der Waals surface area contributed by atoms with Crippen molar-refractivity contribution >= 4 is 0 Å². The number of nitro groups is 4. The molecule has 4 rings (SSSR count). The molecule has 0 bridgehead atoms. The summed E-state index contributed by atoms with van der Waals surface area (Å²) in [5.41, 5.74) is -4.12. The van der Waals surface area contributed by atoms with Gasteiger partial charge in [0.1, 0.15) is 0 Å². The van der Waals surface area contributed by atoms with Crippen LogP contribution in [0, 0.1) is 40.5 Å². The second kappa shape index (κ2) is 10.8. The Morgan fingerprint density at radius 1 is 0.615 bits per heavy atom. The van der Waals surface area contributed by atoms with Crippen LogP contribution in [0.3, 0.4) is 0 Å². The summed E-state index contributed by atoms with van der Waals surface area (Å²) in [5.74, 6) is 0. The molecule has 13 heteroatoms. The van der Waals surface area contributed by atoms with Crippen LogP contribution in [0.2, 0.25) is 0 Å². The molecule has 0 N–H and O–H groups in total. The molecule has 39 heavy (non-hydrogen) atoms. The first-order valence-electron chi connectivity index (χ1n) is 11.7. The maximum absolute atomic E-state index is 12.6. The van der Waals surface area contributed by atoms with Crippen LogP contribution < -0.4 is 0 Å². The zero-order valence-electron chi connectivity index (χ0n) is 20.3. The molecule has 0 heterocycles. The zero-order valence-corrected chi connectivity index (χ0v) is 20.3. The number of allylic oxidation sites excluding steroid dienone is 2. The van der Waals surface area contributed by atoms with Gasteiger partial charge in [-0.15, -0.1) is 0 Å². The highest BCUT2D eigenvalue weighted by Crippen LogP contribution is 2.47. The molecule has 2 aromatic carbocycles. The molecule has 2 aromatic rings. The highest BCUT2D eigenvalue weighted by Gasteiger charge is 2.57. The summed E-state index contributed by atoms with van der Waals surface area (Å²) in [5, 5.41) is 47.8. The number of ether oxygens (including phenoxy) is 1. The minimum Gasteiger partial charge on any atom is -0.350 e. The van der Waals surface area contributed by atoms with Gasteiger partial charge in [0.2, 0.25) is 0 Å². The van der Waals surface area contributed by atoms with Crippen LogP contribution >= 0.6 is 0 Å². The smallest absolute Gasteiger partial charge is 0.274 e. The fraction of sp³-hybridized carbons (Fsp3) is 0.231. The normalized spacial score (nSPS) is 23.7. The van der Waals surface area contributed by atoms with Crippen molar-refractivity contribution in [1.82, 2.24) is 0 Å². The Hall–Kier alpha value is -5.04. The van der Waals surface area contributed by atoms with E-state index in [-0.39, 0.29) is 11.4 Å². The maximum Gasteiger partial charge on any atom is 0.274 e. The summed E-state index contributed by atoms with van der Waals surface area (Å²) in [6.07, 6.45) is 2.76. The Bertz CT molecular complexity index is 1310. The molecule has 0 saturated heterocycles. The number of hydrogen-bond acceptors (Lipinski definition) is 9. The fourth-order valence-electron chi connectivity index (χ4n) is 4.75. The summed E-state index contributed by atoms with van der Waals surface area (Å²) in [4.78, 5) is 45.3. The van der Waals surface area contributed by atoms with Crippen LogP contribution in [0.4, 0.5) is 0 Å². The predicted molar refractivity (Wildman–Crippen MR) is 137 cm³/mol. The molecule has 0 amide bonds. The van der Waals surface area contributed by atoms with Crippen LogP contribution in [0.5, 0.6) is 0 Å². The first kappa shape index (κ1) is 27.0. The van der Waals surface area contributed by atoms with Crippen molar-refractivity contribution in [2.75, 3.05) is 0 Å². The SMILES string of the molecule is O=[N+]([O-])C1=CCC(C(OC(c2ccccc2)C2([N+](=O)[O-])C=CC([N+](=O)[O-])=CC2)c2ccccc2)([N+](=O)[O-])C=C1. The fourth-order valence-corrected chi connectivity index (χ4v) is 4.75. The first-order valence-corrected chi connectivity index (χ1v) is 11.7. The highest BCUT2D eigenvalue weighted by molar-refractivity contribution is 5.33. The average Bonchev–Trinajstić information content (AvgIpc) is 2.94. The Morgan fingerprint density at radius 2 is 0.974 bits per heavy atom. The largest absolute Gasteiger partial charge is 0.350 e. The third-order valence-electron chi connectivity index (χ3n) is 6.85. The van der Waals surface area contributed by atoms with E-state index in [4.69, 9.17) is 4.74 Å². The van der Waals surface area contributed by atoms with Gasteiger partial charge >= 0.3 is 0 Å². The topological polar surface area (TPSA) is 182 Å². The van der Waals surface area contributed by atoms with E-state index in [0.717, 1.165) is 36.5 Å². The average molecular weight is 534 g/mol. The molecule has 4 unspecified atom stereocenters. The Balaban J connectivity index is 1.89. The molecule has 2 aliphatic rings. The highest BCUT2D eigenvalue weighted by atomic mass is 16.7. The molecule has 4 atom stereocenters. The van der Waals surface area contributed by atoms with Gasteiger partial charge in [0.25, 0.3) is 22.5 Å². The summed E-state index contributed by atoms with van der Waals surface area (Å²) < 4.78 is 6.44. The first-order chi connectivity index (χ1) is 18.6. The van der Waals surface area contributed by atoms with Gasteiger partial charge in [-0.3, -0.25) is 40.5 Å². The minimum absolute atomic E-state index is 0.317. The summed E-state index contributed by atoms with van der Waals surface area (Å²) in [7, 11) is 0. The lowest BCUT2D eigenvalue weighted by molar-refractivity contribution is -0.588. The standard InChI is InChI=1S/C26H22N4O9/c31-27(32)21-11-15-25(16-12-21,29(35)36)23(19-7-3-1-4-8-19)39-24(20-9-5-2-6-10-20)26(30(37)38)17-13-22(14-18-26)28(33)34/h1-15,17,23-24H,16,18H2. The molecule has 0 aliphatic heterocycles. The minimum atomic E-state index is -2.05. The molecule has 2 aliphatic carbocycles. The van der Waals surface area contributed by atoms with Crippen molar-refractivity contribution in [2.24, 2.45) is 0 Å². The molecule has 200 valence electrons. The Labute approximate surface area is 221 Å². The predicted octanol–water partition coefficient (Wildman–Crippen LogP) is 4.76. The van der Waals surface area contributed by atoms with Crippen LogP contribution in [0.15, 0.2) is 109 Å². The zero-order chi connectivity index (χ0) is 28.2. The van der Waals surface area contributed by atoms with Gasteiger partial charge in [-0.2, -0.15) is 0 Å². The van der Waals surface area contributed by atoms with E-state index in [0.29, 0.717) is 11.1 Å². The molecular formula is C26H22N4O9. The van der Waals surface area contributed by atoms with Crippen molar-refractivity contribution in [3.05, 3.63) is 160 Å². The van der Waals surface area contributed by atoms with E-state index in [1.165, 1.54) is 0 Å². The van der Waals surface area contributed by atoms with Gasteiger partial charge in [0.05, 0.1) is 9.85 Å². The van der Waals surface area contributed by atoms with Gasteiger partial charge in [0.15, 0.2) is 12.2 Å². The van der Waals surface area contributed by atoms with E-state index >= 15 is 0 Å². The number of nitrogens with zero attached hydrogens (tertiary/aromatic N) is 4. The molecule has 0 fully saturated rings. The maximum atomic E-state index is 12.6. The van der Waals surface area contributed by atoms with E-state index in [1.54, 1.807) is 60.7 Å². The van der Waals surface area contributed by atoms with E-state index in [2.05, 4.69) is 0 Å².